The van der Waals surface area contributed by atoms with E-state index in [0.717, 1.165) is 35.0 Å². The number of nitrogens with zero attached hydrogens (tertiary/aromatic N) is 3. The van der Waals surface area contributed by atoms with E-state index in [-0.39, 0.29) is 17.4 Å². The van der Waals surface area contributed by atoms with Crippen LogP contribution in [0.5, 0.6) is 0 Å². The smallest absolute Gasteiger partial charge is 0.274 e. The third kappa shape index (κ3) is 3.30. The lowest BCUT2D eigenvalue weighted by molar-refractivity contribution is 0.0541. The molecule has 1 aliphatic carbocycles. The van der Waals surface area contributed by atoms with Crippen LogP contribution in [0.4, 0.5) is 0 Å². The summed E-state index contributed by atoms with van der Waals surface area (Å²) in [5.74, 6) is -0.261. The van der Waals surface area contributed by atoms with E-state index in [4.69, 9.17) is 16.3 Å². The number of aromatic nitrogens is 3. The summed E-state index contributed by atoms with van der Waals surface area (Å²) in [5, 5.41) is 8.73. The van der Waals surface area contributed by atoms with Crippen LogP contribution in [0, 0.1) is 0 Å². The van der Waals surface area contributed by atoms with Crippen molar-refractivity contribution in [3.05, 3.63) is 51.9 Å². The van der Waals surface area contributed by atoms with E-state index >= 15 is 0 Å². The fraction of sp³-hybridized carbons (Fsp3) is 0.409. The van der Waals surface area contributed by atoms with Crippen LogP contribution in [0.3, 0.4) is 0 Å². The van der Waals surface area contributed by atoms with Gasteiger partial charge in [0.2, 0.25) is 0 Å². The number of likely N-dealkylation sites (N-methyl/N-ethyl adjacent to an activating group) is 1. The van der Waals surface area contributed by atoms with E-state index in [1.807, 2.05) is 12.1 Å². The number of carbonyl (C=O) groups excluding carboxylic acids is 2. The molecule has 1 fully saturated rings. The fourth-order valence-electron chi connectivity index (χ4n) is 4.41. The molecule has 0 spiro atoms. The molecule has 1 aromatic carbocycles. The summed E-state index contributed by atoms with van der Waals surface area (Å²) < 4.78 is 5.31. The maximum atomic E-state index is 13.2. The van der Waals surface area contributed by atoms with Gasteiger partial charge in [-0.2, -0.15) is 5.10 Å². The number of H-pyrrole nitrogens is 2. The number of amides is 2. The van der Waals surface area contributed by atoms with Crippen LogP contribution in [0.2, 0.25) is 5.02 Å². The highest BCUT2D eigenvalue weighted by atomic mass is 35.5. The highest BCUT2D eigenvalue weighted by molar-refractivity contribution is 6.35. The maximum Gasteiger partial charge on any atom is 0.274 e. The van der Waals surface area contributed by atoms with E-state index in [1.54, 1.807) is 36.1 Å². The van der Waals surface area contributed by atoms with Gasteiger partial charge < -0.3 is 19.5 Å². The number of carbonyl (C=O) groups is 2. The second-order valence-electron chi connectivity index (χ2n) is 8.41. The number of hydrogen-bond acceptors (Lipinski definition) is 4. The molecular formula is C22H24ClN5O3. The van der Waals surface area contributed by atoms with Gasteiger partial charge >= 0.3 is 0 Å². The van der Waals surface area contributed by atoms with Crippen LogP contribution in [-0.2, 0) is 17.7 Å². The van der Waals surface area contributed by atoms with Crippen LogP contribution < -0.4 is 0 Å². The Morgan fingerprint density at radius 2 is 2.16 bits per heavy atom. The lowest BCUT2D eigenvalue weighted by Crippen LogP contribution is -2.43. The molecule has 1 aliphatic heterocycles. The normalized spacial score (nSPS) is 16.9. The Hall–Kier alpha value is -2.84. The second kappa shape index (κ2) is 7.39. The molecule has 2 N–H and O–H groups in total. The van der Waals surface area contributed by atoms with E-state index in [0.29, 0.717) is 42.5 Å². The first-order chi connectivity index (χ1) is 14.9. The van der Waals surface area contributed by atoms with Crippen LogP contribution >= 0.6 is 11.6 Å². The minimum Gasteiger partial charge on any atom is -0.382 e. The zero-order chi connectivity index (χ0) is 21.8. The van der Waals surface area contributed by atoms with Crippen molar-refractivity contribution in [3.63, 3.8) is 0 Å². The van der Waals surface area contributed by atoms with Crippen molar-refractivity contribution in [2.45, 2.75) is 31.3 Å². The highest BCUT2D eigenvalue weighted by Crippen LogP contribution is 2.42. The molecule has 3 aromatic rings. The Labute approximate surface area is 184 Å². The first-order valence-corrected chi connectivity index (χ1v) is 10.7. The molecule has 2 aliphatic rings. The molecule has 162 valence electrons. The molecular weight excluding hydrogens is 418 g/mol. The number of nitrogens with one attached hydrogen (secondary N) is 2. The molecule has 8 nitrogen and oxygen atoms in total. The Morgan fingerprint density at radius 1 is 1.35 bits per heavy atom. The van der Waals surface area contributed by atoms with Crippen molar-refractivity contribution in [2.75, 3.05) is 27.3 Å². The number of methoxy groups -OCH3 is 1. The molecule has 3 heterocycles. The van der Waals surface area contributed by atoms with Crippen molar-refractivity contribution < 1.29 is 14.3 Å². The molecule has 0 unspecified atom stereocenters. The van der Waals surface area contributed by atoms with Crippen LogP contribution in [0.1, 0.15) is 45.1 Å². The summed E-state index contributed by atoms with van der Waals surface area (Å²) in [5.41, 5.74) is 3.15. The quantitative estimate of drug-likeness (QED) is 0.636. The summed E-state index contributed by atoms with van der Waals surface area (Å²) in [4.78, 5) is 33.0. The lowest BCUT2D eigenvalue weighted by Gasteiger charge is -2.29. The Kier molecular flexibility index (Phi) is 4.79. The minimum absolute atomic E-state index is 0.121. The number of ether oxygens (including phenoxy) is 1. The third-order valence-corrected chi connectivity index (χ3v) is 6.85. The summed E-state index contributed by atoms with van der Waals surface area (Å²) in [7, 11) is 3.45. The van der Waals surface area contributed by atoms with Crippen molar-refractivity contribution in [1.82, 2.24) is 25.0 Å². The SMILES string of the molecule is COCC1(N(C)C(=O)c2n[nH]c3c2CN(C(=O)c2cc4c(Cl)cccc4[nH]2)CC3)CC1. The predicted molar refractivity (Wildman–Crippen MR) is 116 cm³/mol. The number of fused-ring (bicyclic) bond motifs is 2. The number of halogens is 1. The summed E-state index contributed by atoms with van der Waals surface area (Å²) >= 11 is 6.25. The van der Waals surface area contributed by atoms with Gasteiger partial charge in [-0.05, 0) is 31.0 Å². The van der Waals surface area contributed by atoms with E-state index in [2.05, 4.69) is 15.2 Å². The molecule has 0 atom stereocenters. The molecule has 0 radical (unpaired) electrons. The van der Waals surface area contributed by atoms with E-state index < -0.39 is 0 Å². The summed E-state index contributed by atoms with van der Waals surface area (Å²) in [6, 6.07) is 7.32. The highest BCUT2D eigenvalue weighted by Gasteiger charge is 2.49. The molecule has 31 heavy (non-hydrogen) atoms. The maximum absolute atomic E-state index is 13.2. The van der Waals surface area contributed by atoms with E-state index in [9.17, 15) is 9.59 Å². The van der Waals surface area contributed by atoms with Crippen LogP contribution in [0.15, 0.2) is 24.3 Å². The lowest BCUT2D eigenvalue weighted by atomic mass is 10.0. The van der Waals surface area contributed by atoms with Crippen molar-refractivity contribution >= 4 is 34.3 Å². The Morgan fingerprint density at radius 3 is 2.87 bits per heavy atom. The number of benzene rings is 1. The van der Waals surface area contributed by atoms with Crippen LogP contribution in [0.25, 0.3) is 10.9 Å². The number of hydrogen-bond donors (Lipinski definition) is 2. The largest absolute Gasteiger partial charge is 0.382 e. The molecule has 9 heteroatoms. The average molecular weight is 442 g/mol. The predicted octanol–water partition coefficient (Wildman–Crippen LogP) is 2.99. The fourth-order valence-corrected chi connectivity index (χ4v) is 4.64. The molecule has 5 rings (SSSR count). The number of aromatic amines is 2. The Bertz CT molecular complexity index is 1180. The zero-order valence-corrected chi connectivity index (χ0v) is 18.3. The first-order valence-electron chi connectivity index (χ1n) is 10.3. The molecule has 2 amide bonds. The molecule has 0 bridgehead atoms. The summed E-state index contributed by atoms with van der Waals surface area (Å²) in [6.45, 7) is 1.39. The van der Waals surface area contributed by atoms with Gasteiger partial charge in [-0.25, -0.2) is 0 Å². The number of rotatable bonds is 5. The van der Waals surface area contributed by atoms with Gasteiger partial charge in [0.1, 0.15) is 5.69 Å². The van der Waals surface area contributed by atoms with Gasteiger partial charge in [0.25, 0.3) is 11.8 Å². The standard InChI is InChI=1S/C22H24ClN5O3/c1-27(22(7-8-22)12-31-2)21(30)19-14-11-28(9-6-17(14)25-26-19)20(29)18-10-13-15(23)4-3-5-16(13)24-18/h3-5,10,24H,6-9,11-12H2,1-2H3,(H,25,26). The van der Waals surface area contributed by atoms with Crippen molar-refractivity contribution in [3.8, 4) is 0 Å². The van der Waals surface area contributed by atoms with Crippen molar-refractivity contribution in [1.29, 1.82) is 0 Å². The van der Waals surface area contributed by atoms with Gasteiger partial charge in [-0.3, -0.25) is 14.7 Å². The first kappa shape index (κ1) is 20.1. The third-order valence-electron chi connectivity index (χ3n) is 6.52. The van der Waals surface area contributed by atoms with Gasteiger partial charge in [-0.1, -0.05) is 17.7 Å². The second-order valence-corrected chi connectivity index (χ2v) is 8.82. The van der Waals surface area contributed by atoms with Gasteiger partial charge in [0, 0.05) is 54.3 Å². The van der Waals surface area contributed by atoms with Crippen molar-refractivity contribution in [2.24, 2.45) is 0 Å². The summed E-state index contributed by atoms with van der Waals surface area (Å²) in [6.07, 6.45) is 2.46. The van der Waals surface area contributed by atoms with Gasteiger partial charge in [-0.15, -0.1) is 0 Å². The Balaban J connectivity index is 1.39. The minimum atomic E-state index is -0.245. The molecule has 1 saturated carbocycles. The topological polar surface area (TPSA) is 94.3 Å². The van der Waals surface area contributed by atoms with Crippen LogP contribution in [-0.4, -0.2) is 69.6 Å². The zero-order valence-electron chi connectivity index (χ0n) is 17.5. The average Bonchev–Trinajstić information content (AvgIpc) is 3.23. The molecule has 0 saturated heterocycles. The van der Waals surface area contributed by atoms with Gasteiger partial charge in [0.05, 0.1) is 18.7 Å². The van der Waals surface area contributed by atoms with E-state index in [1.165, 1.54) is 0 Å². The molecule has 2 aromatic heterocycles. The monoisotopic (exact) mass is 441 g/mol. The van der Waals surface area contributed by atoms with Gasteiger partial charge in [0.15, 0.2) is 5.69 Å².